The van der Waals surface area contributed by atoms with Crippen molar-refractivity contribution in [2.45, 2.75) is 19.9 Å². The van der Waals surface area contributed by atoms with Gasteiger partial charge in [-0.3, -0.25) is 4.79 Å². The lowest BCUT2D eigenvalue weighted by Crippen LogP contribution is -2.25. The van der Waals surface area contributed by atoms with Crippen molar-refractivity contribution in [2.24, 2.45) is 5.92 Å². The van der Waals surface area contributed by atoms with Crippen LogP contribution in [0, 0.1) is 11.7 Å². The Hall–Kier alpha value is -1.58. The average molecular weight is 222 g/mol. The van der Waals surface area contributed by atoms with Gasteiger partial charge < -0.3 is 10.6 Å². The molecule has 16 heavy (non-hydrogen) atoms. The molecule has 1 aromatic carbocycles. The molecule has 1 unspecified atom stereocenters. The van der Waals surface area contributed by atoms with E-state index in [-0.39, 0.29) is 11.6 Å². The number of carbonyl (C=O) groups excluding carboxylic acids is 1. The second-order valence-electron chi connectivity index (χ2n) is 4.40. The van der Waals surface area contributed by atoms with Crippen LogP contribution in [0.3, 0.4) is 0 Å². The Morgan fingerprint density at radius 1 is 1.56 bits per heavy atom. The Labute approximate surface area is 94.0 Å². The molecule has 1 aliphatic heterocycles. The summed E-state index contributed by atoms with van der Waals surface area (Å²) in [6.07, 6.45) is 0.559. The summed E-state index contributed by atoms with van der Waals surface area (Å²) < 4.78 is 13.6. The number of hydrogen-bond donors (Lipinski definition) is 1. The highest BCUT2D eigenvalue weighted by Gasteiger charge is 2.26. The fraction of sp³-hybridized carbons (Fsp3) is 0.417. The van der Waals surface area contributed by atoms with Crippen molar-refractivity contribution >= 4 is 11.6 Å². The first-order chi connectivity index (χ1) is 7.58. The molecule has 3 nitrogen and oxygen atoms in total. The summed E-state index contributed by atoms with van der Waals surface area (Å²) in [4.78, 5) is 13.2. The summed E-state index contributed by atoms with van der Waals surface area (Å²) in [5.74, 6) is 0.0424. The smallest absolute Gasteiger partial charge is 0.223 e. The van der Waals surface area contributed by atoms with Crippen molar-refractivity contribution in [3.63, 3.8) is 0 Å². The third-order valence-electron chi connectivity index (χ3n) is 2.88. The SMILES string of the molecule is CC1CC(=O)N(Cc2cccc(N)c2F)C1. The first kappa shape index (κ1) is 10.9. The Balaban J connectivity index is 2.15. The lowest BCUT2D eigenvalue weighted by molar-refractivity contribution is -0.128. The number of rotatable bonds is 2. The van der Waals surface area contributed by atoms with Gasteiger partial charge in [-0.05, 0) is 12.0 Å². The molecule has 1 aliphatic rings. The molecule has 2 N–H and O–H groups in total. The molecule has 86 valence electrons. The molecule has 0 bridgehead atoms. The van der Waals surface area contributed by atoms with E-state index < -0.39 is 5.82 Å². The quantitative estimate of drug-likeness (QED) is 0.775. The number of nitrogens with zero attached hydrogens (tertiary/aromatic N) is 1. The van der Waals surface area contributed by atoms with Crippen molar-refractivity contribution in [2.75, 3.05) is 12.3 Å². The van der Waals surface area contributed by atoms with Crippen molar-refractivity contribution in [3.8, 4) is 0 Å². The topological polar surface area (TPSA) is 46.3 Å². The van der Waals surface area contributed by atoms with Crippen LogP contribution in [0.15, 0.2) is 18.2 Å². The van der Waals surface area contributed by atoms with Gasteiger partial charge in [-0.15, -0.1) is 0 Å². The number of carbonyl (C=O) groups is 1. The van der Waals surface area contributed by atoms with Crippen molar-refractivity contribution in [3.05, 3.63) is 29.6 Å². The van der Waals surface area contributed by atoms with Crippen LogP contribution in [0.1, 0.15) is 18.9 Å². The number of amides is 1. The van der Waals surface area contributed by atoms with Gasteiger partial charge in [-0.1, -0.05) is 19.1 Å². The van der Waals surface area contributed by atoms with Gasteiger partial charge in [0.15, 0.2) is 5.82 Å². The van der Waals surface area contributed by atoms with Crippen LogP contribution in [0.4, 0.5) is 10.1 Å². The van der Waals surface area contributed by atoms with E-state index >= 15 is 0 Å². The molecule has 1 heterocycles. The molecule has 0 saturated carbocycles. The van der Waals surface area contributed by atoms with Gasteiger partial charge in [-0.2, -0.15) is 0 Å². The molecular formula is C12H15FN2O. The third-order valence-corrected chi connectivity index (χ3v) is 2.88. The van der Waals surface area contributed by atoms with E-state index in [2.05, 4.69) is 0 Å². The number of anilines is 1. The summed E-state index contributed by atoms with van der Waals surface area (Å²) >= 11 is 0. The van der Waals surface area contributed by atoms with E-state index in [9.17, 15) is 9.18 Å². The minimum atomic E-state index is -0.408. The van der Waals surface area contributed by atoms with Crippen molar-refractivity contribution in [1.82, 2.24) is 4.90 Å². The van der Waals surface area contributed by atoms with Crippen LogP contribution in [-0.4, -0.2) is 17.4 Å². The number of nitrogen functional groups attached to an aromatic ring is 1. The highest BCUT2D eigenvalue weighted by Crippen LogP contribution is 2.22. The number of likely N-dealkylation sites (tertiary alicyclic amines) is 1. The molecule has 2 rings (SSSR count). The molecule has 4 heteroatoms. The molecular weight excluding hydrogens is 207 g/mol. The minimum Gasteiger partial charge on any atom is -0.396 e. The molecule has 0 spiro atoms. The van der Waals surface area contributed by atoms with Crippen molar-refractivity contribution < 1.29 is 9.18 Å². The van der Waals surface area contributed by atoms with E-state index in [1.54, 1.807) is 17.0 Å². The fourth-order valence-electron chi connectivity index (χ4n) is 2.05. The highest BCUT2D eigenvalue weighted by molar-refractivity contribution is 5.78. The molecule has 1 atom stereocenters. The fourth-order valence-corrected chi connectivity index (χ4v) is 2.05. The van der Waals surface area contributed by atoms with E-state index in [1.165, 1.54) is 6.07 Å². The van der Waals surface area contributed by atoms with Gasteiger partial charge in [0.1, 0.15) is 0 Å². The predicted molar refractivity (Wildman–Crippen MR) is 60.0 cm³/mol. The normalized spacial score (nSPS) is 20.5. The zero-order chi connectivity index (χ0) is 11.7. The number of benzene rings is 1. The molecule has 1 saturated heterocycles. The van der Waals surface area contributed by atoms with Gasteiger partial charge in [0, 0.05) is 25.1 Å². The number of nitrogens with two attached hydrogens (primary N) is 1. The number of hydrogen-bond acceptors (Lipinski definition) is 2. The standard InChI is InChI=1S/C12H15FN2O/c1-8-5-11(16)15(6-8)7-9-3-2-4-10(14)12(9)13/h2-4,8H,5-7,14H2,1H3. The Kier molecular flexibility index (Phi) is 2.81. The van der Waals surface area contributed by atoms with Gasteiger partial charge in [0.2, 0.25) is 5.91 Å². The van der Waals surface area contributed by atoms with E-state index in [4.69, 9.17) is 5.73 Å². The second-order valence-corrected chi connectivity index (χ2v) is 4.40. The summed E-state index contributed by atoms with van der Waals surface area (Å²) in [7, 11) is 0. The van der Waals surface area contributed by atoms with Gasteiger partial charge in [0.05, 0.1) is 5.69 Å². The Morgan fingerprint density at radius 2 is 2.31 bits per heavy atom. The maximum atomic E-state index is 13.6. The van der Waals surface area contributed by atoms with Crippen LogP contribution in [0.2, 0.25) is 0 Å². The predicted octanol–water partition coefficient (Wildman–Crippen LogP) is 1.78. The monoisotopic (exact) mass is 222 g/mol. The summed E-state index contributed by atoms with van der Waals surface area (Å²) in [6.45, 7) is 3.04. The molecule has 0 radical (unpaired) electrons. The molecule has 0 aliphatic carbocycles. The van der Waals surface area contributed by atoms with E-state index in [0.29, 0.717) is 31.0 Å². The summed E-state index contributed by atoms with van der Waals surface area (Å²) in [6, 6.07) is 4.90. The zero-order valence-corrected chi connectivity index (χ0v) is 9.24. The largest absolute Gasteiger partial charge is 0.396 e. The lowest BCUT2D eigenvalue weighted by atomic mass is 10.1. The van der Waals surface area contributed by atoms with Crippen molar-refractivity contribution in [1.29, 1.82) is 0 Å². The van der Waals surface area contributed by atoms with Gasteiger partial charge in [-0.25, -0.2) is 4.39 Å². The average Bonchev–Trinajstić information content (AvgIpc) is 2.53. The summed E-state index contributed by atoms with van der Waals surface area (Å²) in [5.41, 5.74) is 6.10. The first-order valence-electron chi connectivity index (χ1n) is 5.38. The first-order valence-corrected chi connectivity index (χ1v) is 5.38. The van der Waals surface area contributed by atoms with Gasteiger partial charge >= 0.3 is 0 Å². The zero-order valence-electron chi connectivity index (χ0n) is 9.24. The van der Waals surface area contributed by atoms with E-state index in [1.807, 2.05) is 6.92 Å². The molecule has 1 fully saturated rings. The Morgan fingerprint density at radius 3 is 2.94 bits per heavy atom. The van der Waals surface area contributed by atoms with Crippen LogP contribution in [0.5, 0.6) is 0 Å². The summed E-state index contributed by atoms with van der Waals surface area (Å²) in [5, 5.41) is 0. The maximum Gasteiger partial charge on any atom is 0.223 e. The molecule has 1 amide bonds. The van der Waals surface area contributed by atoms with Crippen LogP contribution in [-0.2, 0) is 11.3 Å². The molecule has 0 aromatic heterocycles. The minimum absolute atomic E-state index is 0.0920. The number of halogens is 1. The van der Waals surface area contributed by atoms with Crippen LogP contribution < -0.4 is 5.73 Å². The van der Waals surface area contributed by atoms with Crippen LogP contribution >= 0.6 is 0 Å². The van der Waals surface area contributed by atoms with Gasteiger partial charge in [0.25, 0.3) is 0 Å². The third kappa shape index (κ3) is 2.01. The van der Waals surface area contributed by atoms with Crippen LogP contribution in [0.25, 0.3) is 0 Å². The maximum absolute atomic E-state index is 13.6. The second kappa shape index (κ2) is 4.12. The Bertz CT molecular complexity index is 419. The van der Waals surface area contributed by atoms with E-state index in [0.717, 1.165) is 0 Å². The highest BCUT2D eigenvalue weighted by atomic mass is 19.1. The lowest BCUT2D eigenvalue weighted by Gasteiger charge is -2.16. The molecule has 1 aromatic rings.